The van der Waals surface area contributed by atoms with E-state index in [1.54, 1.807) is 12.4 Å². The van der Waals surface area contributed by atoms with Gasteiger partial charge in [0, 0.05) is 37.6 Å². The van der Waals surface area contributed by atoms with Crippen LogP contribution in [0.15, 0.2) is 24.5 Å². The molecule has 6 nitrogen and oxygen atoms in total. The third kappa shape index (κ3) is 3.26. The van der Waals surface area contributed by atoms with Crippen molar-refractivity contribution in [3.05, 3.63) is 24.5 Å². The fraction of sp³-hybridized carbons (Fsp3) is 0.467. The molecule has 0 amide bonds. The Bertz CT molecular complexity index is 580. The predicted molar refractivity (Wildman–Crippen MR) is 83.3 cm³/mol. The van der Waals surface area contributed by atoms with Crippen LogP contribution in [0.1, 0.15) is 26.2 Å². The first-order valence-corrected chi connectivity index (χ1v) is 7.52. The lowest BCUT2D eigenvalue weighted by molar-refractivity contribution is 0.568. The maximum atomic E-state index is 4.65. The molecule has 2 aromatic heterocycles. The van der Waals surface area contributed by atoms with Crippen molar-refractivity contribution < 1.29 is 0 Å². The maximum absolute atomic E-state index is 4.65. The van der Waals surface area contributed by atoms with E-state index in [1.807, 2.05) is 19.1 Å². The van der Waals surface area contributed by atoms with Crippen LogP contribution in [-0.4, -0.2) is 39.6 Å². The number of hydrogen-bond acceptors (Lipinski definition) is 6. The summed E-state index contributed by atoms with van der Waals surface area (Å²) in [5, 5.41) is 3.19. The van der Waals surface area contributed by atoms with Gasteiger partial charge in [-0.3, -0.25) is 4.98 Å². The Morgan fingerprint density at radius 2 is 1.81 bits per heavy atom. The molecule has 0 aliphatic carbocycles. The molecule has 0 aromatic carbocycles. The molecule has 1 fully saturated rings. The minimum absolute atomic E-state index is 0.639. The van der Waals surface area contributed by atoms with Gasteiger partial charge in [-0.2, -0.15) is 15.0 Å². The molecule has 1 saturated heterocycles. The van der Waals surface area contributed by atoms with Crippen LogP contribution in [0.3, 0.4) is 0 Å². The van der Waals surface area contributed by atoms with Gasteiger partial charge in [0.05, 0.1) is 0 Å². The molecule has 3 heterocycles. The summed E-state index contributed by atoms with van der Waals surface area (Å²) in [5.74, 6) is 2.11. The topological polar surface area (TPSA) is 66.8 Å². The highest BCUT2D eigenvalue weighted by atomic mass is 15.3. The molecule has 0 bridgehead atoms. The second kappa shape index (κ2) is 6.47. The van der Waals surface area contributed by atoms with Crippen molar-refractivity contribution in [3.63, 3.8) is 0 Å². The number of aromatic nitrogens is 4. The number of anilines is 2. The molecular weight excluding hydrogens is 264 g/mol. The average Bonchev–Trinajstić information content (AvgIpc) is 2.56. The van der Waals surface area contributed by atoms with Crippen molar-refractivity contribution in [3.8, 4) is 11.4 Å². The molecule has 6 heteroatoms. The second-order valence-corrected chi connectivity index (χ2v) is 5.10. The van der Waals surface area contributed by atoms with Gasteiger partial charge in [0.1, 0.15) is 0 Å². The minimum atomic E-state index is 0.639. The van der Waals surface area contributed by atoms with E-state index >= 15 is 0 Å². The Hall–Kier alpha value is -2.24. The number of nitrogens with zero attached hydrogens (tertiary/aromatic N) is 5. The van der Waals surface area contributed by atoms with Crippen molar-refractivity contribution in [2.45, 2.75) is 26.2 Å². The average molecular weight is 284 g/mol. The van der Waals surface area contributed by atoms with Gasteiger partial charge in [0.15, 0.2) is 5.82 Å². The number of piperidine rings is 1. The fourth-order valence-electron chi connectivity index (χ4n) is 2.47. The molecule has 0 radical (unpaired) electrons. The third-order valence-corrected chi connectivity index (χ3v) is 3.54. The van der Waals surface area contributed by atoms with Gasteiger partial charge in [-0.05, 0) is 38.3 Å². The van der Waals surface area contributed by atoms with E-state index in [1.165, 1.54) is 19.3 Å². The first-order chi connectivity index (χ1) is 10.4. The molecule has 0 atom stereocenters. The SMILES string of the molecule is CCNc1nc(-c2ccncc2)nc(N2CCCCC2)n1. The number of pyridine rings is 1. The quantitative estimate of drug-likeness (QED) is 0.929. The van der Waals surface area contributed by atoms with Crippen LogP contribution in [-0.2, 0) is 0 Å². The van der Waals surface area contributed by atoms with Crippen LogP contribution in [0.5, 0.6) is 0 Å². The molecule has 0 spiro atoms. The second-order valence-electron chi connectivity index (χ2n) is 5.10. The molecular formula is C15H20N6. The van der Waals surface area contributed by atoms with Crippen LogP contribution < -0.4 is 10.2 Å². The zero-order valence-electron chi connectivity index (χ0n) is 12.3. The maximum Gasteiger partial charge on any atom is 0.230 e. The zero-order chi connectivity index (χ0) is 14.5. The summed E-state index contributed by atoms with van der Waals surface area (Å²) in [6.45, 7) is 4.87. The number of nitrogens with one attached hydrogen (secondary N) is 1. The number of hydrogen-bond donors (Lipinski definition) is 1. The smallest absolute Gasteiger partial charge is 0.230 e. The van der Waals surface area contributed by atoms with Gasteiger partial charge < -0.3 is 10.2 Å². The lowest BCUT2D eigenvalue weighted by Crippen LogP contribution is -2.31. The van der Waals surface area contributed by atoms with Crippen LogP contribution in [0, 0.1) is 0 Å². The summed E-state index contributed by atoms with van der Waals surface area (Å²) in [7, 11) is 0. The molecule has 2 aromatic rings. The van der Waals surface area contributed by atoms with Gasteiger partial charge in [-0.1, -0.05) is 0 Å². The Balaban J connectivity index is 1.97. The van der Waals surface area contributed by atoms with E-state index in [4.69, 9.17) is 0 Å². The molecule has 1 N–H and O–H groups in total. The molecule has 1 aliphatic heterocycles. The Labute approximate surface area is 124 Å². The summed E-state index contributed by atoms with van der Waals surface area (Å²) in [5.41, 5.74) is 0.963. The fourth-order valence-corrected chi connectivity index (χ4v) is 2.47. The molecule has 3 rings (SSSR count). The molecule has 0 saturated carbocycles. The minimum Gasteiger partial charge on any atom is -0.354 e. The number of rotatable bonds is 4. The summed E-state index contributed by atoms with van der Waals surface area (Å²) in [6, 6.07) is 3.84. The van der Waals surface area contributed by atoms with E-state index < -0.39 is 0 Å². The highest BCUT2D eigenvalue weighted by Crippen LogP contribution is 2.21. The largest absolute Gasteiger partial charge is 0.354 e. The first-order valence-electron chi connectivity index (χ1n) is 7.52. The van der Waals surface area contributed by atoms with E-state index in [-0.39, 0.29) is 0 Å². The van der Waals surface area contributed by atoms with Crippen LogP contribution in [0.2, 0.25) is 0 Å². The van der Waals surface area contributed by atoms with Crippen molar-refractivity contribution in [2.75, 3.05) is 29.9 Å². The van der Waals surface area contributed by atoms with E-state index in [0.29, 0.717) is 11.8 Å². The predicted octanol–water partition coefficient (Wildman–Crippen LogP) is 2.36. The summed E-state index contributed by atoms with van der Waals surface area (Å²) < 4.78 is 0. The Morgan fingerprint density at radius 1 is 1.05 bits per heavy atom. The zero-order valence-corrected chi connectivity index (χ0v) is 12.3. The summed E-state index contributed by atoms with van der Waals surface area (Å²) >= 11 is 0. The van der Waals surface area contributed by atoms with Gasteiger partial charge in [-0.15, -0.1) is 0 Å². The van der Waals surface area contributed by atoms with Crippen molar-refractivity contribution in [2.24, 2.45) is 0 Å². The van der Waals surface area contributed by atoms with Crippen molar-refractivity contribution >= 4 is 11.9 Å². The molecule has 21 heavy (non-hydrogen) atoms. The summed E-state index contributed by atoms with van der Waals surface area (Å²) in [4.78, 5) is 20.0. The molecule has 110 valence electrons. The Morgan fingerprint density at radius 3 is 2.52 bits per heavy atom. The standard InChI is InChI=1S/C15H20N6/c1-2-17-14-18-13(12-6-8-16-9-7-12)19-15(20-14)21-10-4-3-5-11-21/h6-9H,2-5,10-11H2,1H3,(H,17,18,19,20). The van der Waals surface area contributed by atoms with Crippen LogP contribution in [0.25, 0.3) is 11.4 Å². The van der Waals surface area contributed by atoms with E-state index in [9.17, 15) is 0 Å². The normalized spacial score (nSPS) is 15.0. The van der Waals surface area contributed by atoms with Crippen LogP contribution in [0.4, 0.5) is 11.9 Å². The van der Waals surface area contributed by atoms with Gasteiger partial charge in [-0.25, -0.2) is 0 Å². The summed E-state index contributed by atoms with van der Waals surface area (Å²) in [6.07, 6.45) is 7.21. The molecule has 1 aliphatic rings. The molecule has 0 unspecified atom stereocenters. The van der Waals surface area contributed by atoms with Gasteiger partial charge >= 0.3 is 0 Å². The monoisotopic (exact) mass is 284 g/mol. The van der Waals surface area contributed by atoms with Gasteiger partial charge in [0.25, 0.3) is 0 Å². The third-order valence-electron chi connectivity index (χ3n) is 3.54. The van der Waals surface area contributed by atoms with E-state index in [0.717, 1.165) is 31.1 Å². The lowest BCUT2D eigenvalue weighted by Gasteiger charge is -2.27. The van der Waals surface area contributed by atoms with Crippen molar-refractivity contribution in [1.82, 2.24) is 19.9 Å². The highest BCUT2D eigenvalue weighted by molar-refractivity contribution is 5.57. The van der Waals surface area contributed by atoms with Gasteiger partial charge in [0.2, 0.25) is 11.9 Å². The Kier molecular flexibility index (Phi) is 4.23. The van der Waals surface area contributed by atoms with Crippen molar-refractivity contribution in [1.29, 1.82) is 0 Å². The first kappa shape index (κ1) is 13.7. The van der Waals surface area contributed by atoms with Crippen LogP contribution >= 0.6 is 0 Å². The lowest BCUT2D eigenvalue weighted by atomic mass is 10.1. The highest BCUT2D eigenvalue weighted by Gasteiger charge is 2.16. The van der Waals surface area contributed by atoms with E-state index in [2.05, 4.69) is 30.2 Å².